The molecule has 2 spiro atoms. The van der Waals surface area contributed by atoms with Crippen LogP contribution in [0.25, 0.3) is 53.2 Å². The summed E-state index contributed by atoms with van der Waals surface area (Å²) < 4.78 is 2.65. The molecule has 0 amide bonds. The largest absolute Gasteiger partial charge is 0.310 e. The van der Waals surface area contributed by atoms with Crippen LogP contribution in [0.5, 0.6) is 0 Å². The van der Waals surface area contributed by atoms with Crippen molar-refractivity contribution in [1.82, 2.24) is 0 Å². The second-order valence-electron chi connectivity index (χ2n) is 15.6. The average Bonchev–Trinajstić information content (AvgIpc) is 3.84. The lowest BCUT2D eigenvalue weighted by molar-refractivity contribution is 0.265. The lowest BCUT2D eigenvalue weighted by Gasteiger charge is -2.45. The Balaban J connectivity index is 1.04. The molecule has 8 aromatic carbocycles. The minimum absolute atomic E-state index is 0.0421. The van der Waals surface area contributed by atoms with Gasteiger partial charge < -0.3 is 4.90 Å². The molecular weight excluding hydrogens is 671 g/mol. The van der Waals surface area contributed by atoms with E-state index in [0.29, 0.717) is 0 Å². The third-order valence-corrected chi connectivity index (χ3v) is 14.4. The Kier molecular flexibility index (Phi) is 6.37. The lowest BCUT2D eigenvalue weighted by atomic mass is 9.57. The topological polar surface area (TPSA) is 3.24 Å². The lowest BCUT2D eigenvalue weighted by Crippen LogP contribution is -2.39. The van der Waals surface area contributed by atoms with Crippen LogP contribution in [0.2, 0.25) is 0 Å². The van der Waals surface area contributed by atoms with Crippen LogP contribution in [0.4, 0.5) is 17.1 Å². The molecule has 2 heteroatoms. The Hall–Kier alpha value is -5.96. The summed E-state index contributed by atoms with van der Waals surface area (Å²) in [6.45, 7) is 0. The van der Waals surface area contributed by atoms with Crippen LogP contribution < -0.4 is 4.90 Å². The quantitative estimate of drug-likeness (QED) is 0.177. The molecule has 0 radical (unpaired) electrons. The van der Waals surface area contributed by atoms with Crippen molar-refractivity contribution in [3.8, 4) is 22.3 Å². The van der Waals surface area contributed by atoms with Crippen molar-refractivity contribution in [2.45, 2.75) is 36.5 Å². The van der Waals surface area contributed by atoms with Crippen molar-refractivity contribution in [2.75, 3.05) is 4.90 Å². The number of benzene rings is 8. The van der Waals surface area contributed by atoms with Gasteiger partial charge in [-0.3, -0.25) is 0 Å². The summed E-state index contributed by atoms with van der Waals surface area (Å²) in [7, 11) is 0. The number of hydrogen-bond donors (Lipinski definition) is 0. The minimum atomic E-state index is -0.0421. The van der Waals surface area contributed by atoms with E-state index in [0.717, 1.165) is 25.7 Å². The fourth-order valence-electron chi connectivity index (χ4n) is 10.9. The molecule has 9 aromatic rings. The van der Waals surface area contributed by atoms with Gasteiger partial charge >= 0.3 is 0 Å². The maximum atomic E-state index is 2.57. The van der Waals surface area contributed by atoms with E-state index in [1.807, 2.05) is 11.3 Å². The molecule has 0 aliphatic heterocycles. The van der Waals surface area contributed by atoms with Gasteiger partial charge in [-0.15, -0.1) is 11.3 Å². The second-order valence-corrected chi connectivity index (χ2v) is 16.7. The average molecular weight is 708 g/mol. The fourth-order valence-corrected chi connectivity index (χ4v) is 12.0. The number of hydrogen-bond acceptors (Lipinski definition) is 2. The van der Waals surface area contributed by atoms with Gasteiger partial charge in [0.15, 0.2) is 0 Å². The summed E-state index contributed by atoms with van der Waals surface area (Å²) in [5.41, 5.74) is 15.4. The van der Waals surface area contributed by atoms with Gasteiger partial charge in [-0.1, -0.05) is 140 Å². The molecule has 54 heavy (non-hydrogen) atoms. The summed E-state index contributed by atoms with van der Waals surface area (Å²) in [5.74, 6) is 0. The van der Waals surface area contributed by atoms with Gasteiger partial charge in [0.2, 0.25) is 0 Å². The van der Waals surface area contributed by atoms with E-state index in [1.165, 1.54) is 92.5 Å². The van der Waals surface area contributed by atoms with Crippen LogP contribution >= 0.6 is 11.3 Å². The van der Waals surface area contributed by atoms with E-state index in [9.17, 15) is 0 Å². The second kappa shape index (κ2) is 11.3. The van der Waals surface area contributed by atoms with Crippen molar-refractivity contribution in [2.24, 2.45) is 0 Å². The summed E-state index contributed by atoms with van der Waals surface area (Å²) in [6.07, 6.45) is 4.50. The summed E-state index contributed by atoms with van der Waals surface area (Å²) in [4.78, 5) is 2.52. The first-order valence-electron chi connectivity index (χ1n) is 19.4. The Morgan fingerprint density at radius 2 is 0.870 bits per heavy atom. The van der Waals surface area contributed by atoms with Crippen molar-refractivity contribution in [3.63, 3.8) is 0 Å². The van der Waals surface area contributed by atoms with Crippen LogP contribution in [0.15, 0.2) is 176 Å². The third kappa shape index (κ3) is 4.09. The van der Waals surface area contributed by atoms with Crippen molar-refractivity contribution in [1.29, 1.82) is 0 Å². The highest BCUT2D eigenvalue weighted by atomic mass is 32.1. The van der Waals surface area contributed by atoms with Gasteiger partial charge in [0.25, 0.3) is 0 Å². The van der Waals surface area contributed by atoms with Crippen LogP contribution in [0, 0.1) is 0 Å². The summed E-state index contributed by atoms with van der Waals surface area (Å²) in [6, 6.07) is 66.6. The highest BCUT2D eigenvalue weighted by Gasteiger charge is 2.53. The number of rotatable bonds is 3. The van der Waals surface area contributed by atoms with Gasteiger partial charge in [0.05, 0.1) is 5.69 Å². The van der Waals surface area contributed by atoms with E-state index in [2.05, 4.69) is 181 Å². The predicted molar refractivity (Wildman–Crippen MR) is 229 cm³/mol. The predicted octanol–water partition coefficient (Wildman–Crippen LogP) is 14.5. The molecule has 1 aromatic heterocycles. The molecule has 1 heterocycles. The van der Waals surface area contributed by atoms with Crippen LogP contribution in [-0.2, 0) is 10.8 Å². The Labute approximate surface area is 319 Å². The van der Waals surface area contributed by atoms with Gasteiger partial charge in [0.1, 0.15) is 0 Å². The molecule has 3 aliphatic carbocycles. The Bertz CT molecular complexity index is 2920. The summed E-state index contributed by atoms with van der Waals surface area (Å²) >= 11 is 1.89. The van der Waals surface area contributed by atoms with E-state index < -0.39 is 0 Å². The monoisotopic (exact) mass is 707 g/mol. The number of anilines is 3. The zero-order chi connectivity index (χ0) is 35.4. The first kappa shape index (κ1) is 30.5. The zero-order valence-electron chi connectivity index (χ0n) is 29.9. The Morgan fingerprint density at radius 1 is 0.370 bits per heavy atom. The van der Waals surface area contributed by atoms with Crippen LogP contribution in [0.3, 0.4) is 0 Å². The SMILES string of the molecule is c1ccc2c(c1)-c1ccccc1C21CCC2(CC1)c1ccccc1-c1ccc(N(c3ccc4c(c3)sc3ccccc34)c3cccc4ccccc34)cc12. The van der Waals surface area contributed by atoms with Gasteiger partial charge in [-0.25, -0.2) is 0 Å². The normalized spacial score (nSPS) is 15.8. The van der Waals surface area contributed by atoms with E-state index in [-0.39, 0.29) is 10.8 Å². The maximum absolute atomic E-state index is 2.57. The first-order valence-corrected chi connectivity index (χ1v) is 20.2. The van der Waals surface area contributed by atoms with E-state index >= 15 is 0 Å². The molecule has 1 saturated carbocycles. The molecule has 0 atom stereocenters. The molecule has 3 aliphatic rings. The van der Waals surface area contributed by atoms with Crippen molar-refractivity contribution >= 4 is 59.3 Å². The Morgan fingerprint density at radius 3 is 1.57 bits per heavy atom. The molecule has 1 nitrogen and oxygen atoms in total. The molecule has 0 saturated heterocycles. The molecule has 1 fully saturated rings. The van der Waals surface area contributed by atoms with Crippen molar-refractivity contribution in [3.05, 3.63) is 198 Å². The number of thiophene rings is 1. The molecule has 0 bridgehead atoms. The minimum Gasteiger partial charge on any atom is -0.310 e. The van der Waals surface area contributed by atoms with E-state index in [4.69, 9.17) is 0 Å². The van der Waals surface area contributed by atoms with Crippen LogP contribution in [-0.4, -0.2) is 0 Å². The molecule has 0 unspecified atom stereocenters. The number of fused-ring (bicyclic) bond motifs is 14. The van der Waals surface area contributed by atoms with Gasteiger partial charge in [-0.2, -0.15) is 0 Å². The van der Waals surface area contributed by atoms with Gasteiger partial charge in [-0.05, 0) is 112 Å². The van der Waals surface area contributed by atoms with Gasteiger partial charge in [0, 0.05) is 47.8 Å². The number of nitrogens with zero attached hydrogens (tertiary/aromatic N) is 1. The zero-order valence-corrected chi connectivity index (χ0v) is 30.7. The molecular formula is C52H37NS. The van der Waals surface area contributed by atoms with Crippen molar-refractivity contribution < 1.29 is 0 Å². The highest BCUT2D eigenvalue weighted by Crippen LogP contribution is 2.64. The highest BCUT2D eigenvalue weighted by molar-refractivity contribution is 7.25. The standard InChI is InChI=1S/C52H37NS/c1-2-14-37-34(12-1)13-11-22-48(37)53(36-25-27-43-42-18-6-10-23-49(42)54-50(43)33-36)35-24-26-41-40-17-5-9-21-46(40)52(47(41)32-35)30-28-51(29-31-52)44-19-7-3-15-38(44)39-16-4-8-20-45(39)51/h1-27,32-33H,28-31H2. The fraction of sp³-hybridized carbons (Fsp3) is 0.115. The summed E-state index contributed by atoms with van der Waals surface area (Å²) in [5, 5.41) is 5.17. The maximum Gasteiger partial charge on any atom is 0.0540 e. The smallest absolute Gasteiger partial charge is 0.0540 e. The van der Waals surface area contributed by atoms with Crippen LogP contribution in [0.1, 0.15) is 47.9 Å². The molecule has 256 valence electrons. The third-order valence-electron chi connectivity index (χ3n) is 13.3. The van der Waals surface area contributed by atoms with E-state index in [1.54, 1.807) is 0 Å². The first-order chi connectivity index (χ1) is 26.7. The molecule has 12 rings (SSSR count). The molecule has 0 N–H and O–H groups in total.